The summed E-state index contributed by atoms with van der Waals surface area (Å²) in [6.07, 6.45) is 2.43. The summed E-state index contributed by atoms with van der Waals surface area (Å²) < 4.78 is 5.24. The summed E-state index contributed by atoms with van der Waals surface area (Å²) >= 11 is 0. The van der Waals surface area contributed by atoms with Crippen molar-refractivity contribution in [3.05, 3.63) is 51.2 Å². The molecule has 2 rings (SSSR count). The minimum Gasteiger partial charge on any atom is -0.372 e. The predicted molar refractivity (Wildman–Crippen MR) is 51.0 cm³/mol. The molecule has 0 radical (unpaired) electrons. The molecule has 4 heteroatoms. The molecule has 72 valence electrons. The predicted octanol–water partition coefficient (Wildman–Crippen LogP) is 1.96. The third-order valence-corrected chi connectivity index (χ3v) is 2.13. The maximum atomic E-state index is 10.1. The summed E-state index contributed by atoms with van der Waals surface area (Å²) in [6.45, 7) is 1.25. The molecule has 0 aliphatic carbocycles. The van der Waals surface area contributed by atoms with Crippen LogP contribution in [0.3, 0.4) is 0 Å². The zero-order chi connectivity index (χ0) is 9.97. The molecule has 4 nitrogen and oxygen atoms in total. The minimum atomic E-state index is -0.469. The molecule has 1 aromatic rings. The van der Waals surface area contributed by atoms with Crippen LogP contribution >= 0.6 is 0 Å². The van der Waals surface area contributed by atoms with E-state index in [1.165, 1.54) is 11.6 Å². The summed E-state index contributed by atoms with van der Waals surface area (Å²) in [5.74, 6) is 0. The van der Waals surface area contributed by atoms with Gasteiger partial charge in [0.2, 0.25) is 6.20 Å². The lowest BCUT2D eigenvalue weighted by molar-refractivity contribution is -0.400. The lowest BCUT2D eigenvalue weighted by atomic mass is 10.1. The molecule has 1 heterocycles. The topological polar surface area (TPSA) is 52.4 Å². The number of benzene rings is 1. The van der Waals surface area contributed by atoms with E-state index >= 15 is 0 Å². The van der Waals surface area contributed by atoms with Crippen LogP contribution in [0.25, 0.3) is 6.08 Å². The molecule has 0 spiro atoms. The maximum absolute atomic E-state index is 10.1. The number of hydrogen-bond acceptors (Lipinski definition) is 3. The first-order valence-electron chi connectivity index (χ1n) is 4.27. The van der Waals surface area contributed by atoms with Crippen molar-refractivity contribution in [3.63, 3.8) is 0 Å². The highest BCUT2D eigenvalue weighted by Crippen LogP contribution is 2.21. The largest absolute Gasteiger partial charge is 0.372 e. The van der Waals surface area contributed by atoms with E-state index < -0.39 is 4.92 Å². The van der Waals surface area contributed by atoms with Gasteiger partial charge in [0.15, 0.2) is 0 Å². The molecule has 0 unspecified atom stereocenters. The Hall–Kier alpha value is -1.68. The van der Waals surface area contributed by atoms with Crippen LogP contribution in [0.5, 0.6) is 0 Å². The van der Waals surface area contributed by atoms with Crippen LogP contribution in [0.2, 0.25) is 0 Å². The summed E-state index contributed by atoms with van der Waals surface area (Å²) in [4.78, 5) is 9.63. The second kappa shape index (κ2) is 3.59. The fourth-order valence-electron chi connectivity index (χ4n) is 1.44. The lowest BCUT2D eigenvalue weighted by Crippen LogP contribution is -1.85. The number of rotatable bonds is 2. The Kier molecular flexibility index (Phi) is 2.28. The van der Waals surface area contributed by atoms with Crippen molar-refractivity contribution in [2.45, 2.75) is 13.2 Å². The highest BCUT2D eigenvalue weighted by Gasteiger charge is 2.10. The summed E-state index contributed by atoms with van der Waals surface area (Å²) in [5, 5.41) is 10.1. The van der Waals surface area contributed by atoms with Crippen molar-refractivity contribution in [2.75, 3.05) is 0 Å². The molecule has 0 N–H and O–H groups in total. The number of ether oxygens (including phenoxy) is 1. The monoisotopic (exact) mass is 191 g/mol. The highest BCUT2D eigenvalue weighted by molar-refractivity contribution is 5.51. The van der Waals surface area contributed by atoms with Crippen LogP contribution in [0, 0.1) is 10.1 Å². The Bertz CT molecular complexity index is 398. The van der Waals surface area contributed by atoms with Crippen LogP contribution in [0.4, 0.5) is 0 Å². The van der Waals surface area contributed by atoms with E-state index in [0.29, 0.717) is 13.2 Å². The third-order valence-electron chi connectivity index (χ3n) is 2.13. The molecule has 1 aliphatic rings. The second-order valence-corrected chi connectivity index (χ2v) is 3.12. The molecular weight excluding hydrogens is 182 g/mol. The van der Waals surface area contributed by atoms with Gasteiger partial charge in [0.05, 0.1) is 18.1 Å². The van der Waals surface area contributed by atoms with Gasteiger partial charge in [0.1, 0.15) is 0 Å². The molecule has 0 fully saturated rings. The average molecular weight is 191 g/mol. The van der Waals surface area contributed by atoms with Gasteiger partial charge >= 0.3 is 0 Å². The van der Waals surface area contributed by atoms with E-state index in [9.17, 15) is 10.1 Å². The van der Waals surface area contributed by atoms with E-state index in [1.807, 2.05) is 18.2 Å². The van der Waals surface area contributed by atoms with Crippen molar-refractivity contribution >= 4 is 6.08 Å². The molecular formula is C10H9NO3. The van der Waals surface area contributed by atoms with Crippen LogP contribution in [-0.2, 0) is 18.0 Å². The molecule has 0 atom stereocenters. The zero-order valence-electron chi connectivity index (χ0n) is 7.47. The normalized spacial score (nSPS) is 14.6. The fourth-order valence-corrected chi connectivity index (χ4v) is 1.44. The van der Waals surface area contributed by atoms with Crippen molar-refractivity contribution in [1.29, 1.82) is 0 Å². The van der Waals surface area contributed by atoms with Crippen molar-refractivity contribution in [2.24, 2.45) is 0 Å². The molecule has 0 saturated heterocycles. The van der Waals surface area contributed by atoms with E-state index in [1.54, 1.807) is 0 Å². The van der Waals surface area contributed by atoms with Crippen LogP contribution < -0.4 is 0 Å². The van der Waals surface area contributed by atoms with Gasteiger partial charge in [-0.1, -0.05) is 12.1 Å². The third kappa shape index (κ3) is 1.80. The molecule has 0 saturated carbocycles. The van der Waals surface area contributed by atoms with Gasteiger partial charge in [0, 0.05) is 6.08 Å². The van der Waals surface area contributed by atoms with Crippen molar-refractivity contribution < 1.29 is 9.66 Å². The summed E-state index contributed by atoms with van der Waals surface area (Å²) in [7, 11) is 0. The Morgan fingerprint density at radius 2 is 2.14 bits per heavy atom. The van der Waals surface area contributed by atoms with E-state index in [-0.39, 0.29) is 0 Å². The Labute approximate surface area is 81.0 Å². The average Bonchev–Trinajstić information content (AvgIpc) is 2.61. The molecule has 14 heavy (non-hydrogen) atoms. The smallest absolute Gasteiger partial charge is 0.235 e. The molecule has 1 aliphatic heterocycles. The van der Waals surface area contributed by atoms with Gasteiger partial charge in [-0.3, -0.25) is 10.1 Å². The first kappa shape index (κ1) is 8.90. The van der Waals surface area contributed by atoms with Gasteiger partial charge in [-0.15, -0.1) is 0 Å². The van der Waals surface area contributed by atoms with Gasteiger partial charge in [0.25, 0.3) is 0 Å². The fraction of sp³-hybridized carbons (Fsp3) is 0.200. The van der Waals surface area contributed by atoms with Crippen LogP contribution in [0.15, 0.2) is 24.4 Å². The number of hydrogen-bond donors (Lipinski definition) is 0. The molecule has 1 aromatic carbocycles. The van der Waals surface area contributed by atoms with Gasteiger partial charge in [-0.25, -0.2) is 0 Å². The quantitative estimate of drug-likeness (QED) is 0.530. The van der Waals surface area contributed by atoms with Gasteiger partial charge in [-0.05, 0) is 22.8 Å². The molecule has 0 bridgehead atoms. The van der Waals surface area contributed by atoms with Crippen LogP contribution in [0.1, 0.15) is 16.7 Å². The summed E-state index contributed by atoms with van der Waals surface area (Å²) in [6, 6.07) is 5.72. The van der Waals surface area contributed by atoms with Crippen molar-refractivity contribution in [1.82, 2.24) is 0 Å². The number of fused-ring (bicyclic) bond motifs is 1. The maximum Gasteiger partial charge on any atom is 0.235 e. The van der Waals surface area contributed by atoms with E-state index in [0.717, 1.165) is 17.3 Å². The standard InChI is InChI=1S/C10H9NO3/c12-11(13)4-3-8-1-2-9-6-14-7-10(9)5-8/h1-5H,6-7H2/b4-3+. The van der Waals surface area contributed by atoms with Gasteiger partial charge < -0.3 is 4.74 Å². The Morgan fingerprint density at radius 3 is 2.93 bits per heavy atom. The number of nitrogens with zero attached hydrogens (tertiary/aromatic N) is 1. The second-order valence-electron chi connectivity index (χ2n) is 3.12. The first-order chi connectivity index (χ1) is 6.75. The SMILES string of the molecule is O=[N+]([O-])/C=C/c1ccc2c(c1)COC2. The lowest BCUT2D eigenvalue weighted by Gasteiger charge is -1.97. The highest BCUT2D eigenvalue weighted by atomic mass is 16.6. The van der Waals surface area contributed by atoms with E-state index in [2.05, 4.69) is 0 Å². The first-order valence-corrected chi connectivity index (χ1v) is 4.27. The number of nitro groups is 1. The minimum absolute atomic E-state index is 0.469. The Balaban J connectivity index is 2.25. The zero-order valence-corrected chi connectivity index (χ0v) is 7.47. The molecule has 0 amide bonds. The van der Waals surface area contributed by atoms with Crippen molar-refractivity contribution in [3.8, 4) is 0 Å². The van der Waals surface area contributed by atoms with Gasteiger partial charge in [-0.2, -0.15) is 0 Å². The molecule has 0 aromatic heterocycles. The summed E-state index contributed by atoms with van der Waals surface area (Å²) in [5.41, 5.74) is 3.13. The van der Waals surface area contributed by atoms with Crippen LogP contribution in [-0.4, -0.2) is 4.92 Å². The Morgan fingerprint density at radius 1 is 1.36 bits per heavy atom. The van der Waals surface area contributed by atoms with E-state index in [4.69, 9.17) is 4.74 Å².